The van der Waals surface area contributed by atoms with E-state index in [9.17, 15) is 4.79 Å². The fraction of sp³-hybridized carbons (Fsp3) is 0.529. The number of anilines is 1. The number of carbonyl (C=O) groups is 1. The van der Waals surface area contributed by atoms with Crippen LogP contribution in [0.5, 0.6) is 0 Å². The van der Waals surface area contributed by atoms with Gasteiger partial charge in [0, 0.05) is 24.1 Å². The zero-order valence-corrected chi connectivity index (χ0v) is 12.3. The third-order valence-electron chi connectivity index (χ3n) is 3.71. The van der Waals surface area contributed by atoms with E-state index in [2.05, 4.69) is 22.1 Å². The first-order valence-corrected chi connectivity index (χ1v) is 7.66. The Morgan fingerprint density at radius 2 is 2.10 bits per heavy atom. The van der Waals surface area contributed by atoms with E-state index >= 15 is 0 Å². The molecule has 2 N–H and O–H groups in total. The molecule has 1 aromatic heterocycles. The fourth-order valence-electron chi connectivity index (χ4n) is 2.57. The van der Waals surface area contributed by atoms with Crippen molar-refractivity contribution < 1.29 is 9.90 Å². The zero-order chi connectivity index (χ0) is 14.9. The van der Waals surface area contributed by atoms with Gasteiger partial charge in [-0.15, -0.1) is 0 Å². The second kappa shape index (κ2) is 8.43. The monoisotopic (exact) mass is 286 g/mol. The summed E-state index contributed by atoms with van der Waals surface area (Å²) in [6, 6.07) is 3.57. The number of aliphatic hydroxyl groups is 1. The molecule has 1 heterocycles. The highest BCUT2D eigenvalue weighted by Gasteiger charge is 2.20. The minimum Gasteiger partial charge on any atom is -0.395 e. The fourth-order valence-corrected chi connectivity index (χ4v) is 2.57. The molecule has 1 aliphatic rings. The van der Waals surface area contributed by atoms with Gasteiger partial charge in [0.1, 0.15) is 5.82 Å². The number of nitrogens with zero attached hydrogens (tertiary/aromatic N) is 1. The van der Waals surface area contributed by atoms with E-state index in [0.717, 1.165) is 31.2 Å². The van der Waals surface area contributed by atoms with Crippen LogP contribution in [-0.2, 0) is 4.79 Å². The van der Waals surface area contributed by atoms with Gasteiger partial charge in [0.2, 0.25) is 5.91 Å². The summed E-state index contributed by atoms with van der Waals surface area (Å²) in [5.41, 5.74) is 0.801. The lowest BCUT2D eigenvalue weighted by Crippen LogP contribution is -2.22. The van der Waals surface area contributed by atoms with Gasteiger partial charge in [-0.1, -0.05) is 37.5 Å². The number of amides is 1. The van der Waals surface area contributed by atoms with Crippen LogP contribution >= 0.6 is 0 Å². The Hall–Kier alpha value is -1.86. The van der Waals surface area contributed by atoms with Crippen molar-refractivity contribution in [3.63, 3.8) is 0 Å². The Kier molecular flexibility index (Phi) is 6.23. The van der Waals surface area contributed by atoms with E-state index in [1.807, 2.05) is 0 Å². The smallest absolute Gasteiger partial charge is 0.228 e. The molecule has 1 saturated carbocycles. The van der Waals surface area contributed by atoms with E-state index in [1.54, 1.807) is 18.3 Å². The molecule has 0 aliphatic heterocycles. The Labute approximate surface area is 126 Å². The van der Waals surface area contributed by atoms with Crippen LogP contribution in [0.2, 0.25) is 0 Å². The Bertz CT molecular complexity index is 523. The van der Waals surface area contributed by atoms with Gasteiger partial charge in [-0.2, -0.15) is 0 Å². The standard InChI is InChI=1S/C17H22N2O2/c20-12-6-5-7-14-10-11-18-16(13-14)19-17(21)15-8-3-1-2-4-9-15/h10-11,13,15,20H,1-4,6,8-9,12H2,(H,18,19,21). The van der Waals surface area contributed by atoms with E-state index in [0.29, 0.717) is 12.2 Å². The van der Waals surface area contributed by atoms with Crippen molar-refractivity contribution in [2.75, 3.05) is 11.9 Å². The predicted octanol–water partition coefficient (Wildman–Crippen LogP) is 2.72. The maximum absolute atomic E-state index is 12.3. The molecule has 0 saturated heterocycles. The molecule has 1 fully saturated rings. The molecule has 0 bridgehead atoms. The number of hydrogen-bond acceptors (Lipinski definition) is 3. The van der Waals surface area contributed by atoms with Crippen molar-refractivity contribution in [2.24, 2.45) is 5.92 Å². The molecule has 112 valence electrons. The van der Waals surface area contributed by atoms with E-state index in [1.165, 1.54) is 12.8 Å². The van der Waals surface area contributed by atoms with Crippen LogP contribution in [-0.4, -0.2) is 22.6 Å². The molecular weight excluding hydrogens is 264 g/mol. The molecule has 21 heavy (non-hydrogen) atoms. The topological polar surface area (TPSA) is 62.2 Å². The summed E-state index contributed by atoms with van der Waals surface area (Å²) in [4.78, 5) is 16.4. The maximum Gasteiger partial charge on any atom is 0.228 e. The van der Waals surface area contributed by atoms with Crippen molar-refractivity contribution >= 4 is 11.7 Å². The molecule has 2 rings (SSSR count). The molecular formula is C17H22N2O2. The van der Waals surface area contributed by atoms with Crippen molar-refractivity contribution in [2.45, 2.75) is 44.9 Å². The number of carbonyl (C=O) groups excluding carboxylic acids is 1. The predicted molar refractivity (Wildman–Crippen MR) is 82.6 cm³/mol. The Morgan fingerprint density at radius 3 is 2.81 bits per heavy atom. The van der Waals surface area contributed by atoms with Gasteiger partial charge in [0.05, 0.1) is 6.61 Å². The summed E-state index contributed by atoms with van der Waals surface area (Å²) >= 11 is 0. The first kappa shape index (κ1) is 15.5. The summed E-state index contributed by atoms with van der Waals surface area (Å²) < 4.78 is 0. The Morgan fingerprint density at radius 1 is 1.33 bits per heavy atom. The molecule has 4 nitrogen and oxygen atoms in total. The van der Waals surface area contributed by atoms with Crippen LogP contribution in [0.1, 0.15) is 50.5 Å². The molecule has 0 unspecified atom stereocenters. The molecule has 0 radical (unpaired) electrons. The van der Waals surface area contributed by atoms with Crippen LogP contribution in [0.3, 0.4) is 0 Å². The minimum atomic E-state index is 0.0589. The van der Waals surface area contributed by atoms with Crippen molar-refractivity contribution in [1.29, 1.82) is 0 Å². The molecule has 1 aromatic rings. The molecule has 1 aliphatic carbocycles. The number of hydrogen-bond donors (Lipinski definition) is 2. The van der Waals surface area contributed by atoms with Gasteiger partial charge < -0.3 is 10.4 Å². The normalized spacial score (nSPS) is 15.7. The van der Waals surface area contributed by atoms with E-state index < -0.39 is 0 Å². The molecule has 0 aromatic carbocycles. The van der Waals surface area contributed by atoms with E-state index in [4.69, 9.17) is 5.11 Å². The number of nitrogens with one attached hydrogen (secondary N) is 1. The van der Waals surface area contributed by atoms with Gasteiger partial charge in [0.15, 0.2) is 0 Å². The summed E-state index contributed by atoms with van der Waals surface area (Å²) in [6.45, 7) is 0.0589. The zero-order valence-electron chi connectivity index (χ0n) is 12.3. The van der Waals surface area contributed by atoms with Gasteiger partial charge in [-0.05, 0) is 25.0 Å². The lowest BCUT2D eigenvalue weighted by Gasteiger charge is -2.13. The summed E-state index contributed by atoms with van der Waals surface area (Å²) in [7, 11) is 0. The van der Waals surface area contributed by atoms with Crippen LogP contribution in [0.4, 0.5) is 5.82 Å². The third-order valence-corrected chi connectivity index (χ3v) is 3.71. The van der Waals surface area contributed by atoms with Crippen LogP contribution < -0.4 is 5.32 Å². The van der Waals surface area contributed by atoms with Crippen molar-refractivity contribution in [1.82, 2.24) is 4.98 Å². The highest BCUT2D eigenvalue weighted by Crippen LogP contribution is 2.24. The average Bonchev–Trinajstić information content (AvgIpc) is 2.77. The number of pyridine rings is 1. The molecule has 0 atom stereocenters. The van der Waals surface area contributed by atoms with Crippen molar-refractivity contribution in [3.05, 3.63) is 23.9 Å². The van der Waals surface area contributed by atoms with Crippen LogP contribution in [0.15, 0.2) is 18.3 Å². The second-order valence-electron chi connectivity index (χ2n) is 5.38. The van der Waals surface area contributed by atoms with Gasteiger partial charge in [-0.25, -0.2) is 4.98 Å². The highest BCUT2D eigenvalue weighted by molar-refractivity contribution is 5.91. The van der Waals surface area contributed by atoms with Crippen molar-refractivity contribution in [3.8, 4) is 11.8 Å². The van der Waals surface area contributed by atoms with Gasteiger partial charge in [0.25, 0.3) is 0 Å². The largest absolute Gasteiger partial charge is 0.395 e. The maximum atomic E-state index is 12.3. The lowest BCUT2D eigenvalue weighted by atomic mass is 9.99. The average molecular weight is 286 g/mol. The first-order chi connectivity index (χ1) is 10.3. The summed E-state index contributed by atoms with van der Waals surface area (Å²) in [6.07, 6.45) is 8.79. The SMILES string of the molecule is O=C(Nc1cc(C#CCCO)ccn1)C1CCCCCC1. The van der Waals surface area contributed by atoms with Crippen LogP contribution in [0.25, 0.3) is 0 Å². The summed E-state index contributed by atoms with van der Waals surface area (Å²) in [5, 5.41) is 11.6. The first-order valence-electron chi connectivity index (χ1n) is 7.66. The van der Waals surface area contributed by atoms with Gasteiger partial charge in [-0.3, -0.25) is 4.79 Å². The summed E-state index contributed by atoms with van der Waals surface area (Å²) in [5.74, 6) is 6.55. The molecule has 4 heteroatoms. The number of rotatable bonds is 3. The number of aromatic nitrogens is 1. The minimum absolute atomic E-state index is 0.0589. The number of aliphatic hydroxyl groups excluding tert-OH is 1. The van der Waals surface area contributed by atoms with Gasteiger partial charge >= 0.3 is 0 Å². The molecule has 0 spiro atoms. The highest BCUT2D eigenvalue weighted by atomic mass is 16.2. The second-order valence-corrected chi connectivity index (χ2v) is 5.38. The lowest BCUT2D eigenvalue weighted by molar-refractivity contribution is -0.120. The Balaban J connectivity index is 1.97. The molecule has 1 amide bonds. The van der Waals surface area contributed by atoms with Crippen LogP contribution in [0, 0.1) is 17.8 Å². The third kappa shape index (κ3) is 5.20. The van der Waals surface area contributed by atoms with E-state index in [-0.39, 0.29) is 18.4 Å². The quantitative estimate of drug-likeness (QED) is 0.663.